The third kappa shape index (κ3) is 3.62. The number of nitrogens with zero attached hydrogens (tertiary/aromatic N) is 2. The summed E-state index contributed by atoms with van der Waals surface area (Å²) in [5, 5.41) is 7.17. The average Bonchev–Trinajstić information content (AvgIpc) is 3.16. The molecule has 0 unspecified atom stereocenters. The summed E-state index contributed by atoms with van der Waals surface area (Å²) in [7, 11) is 0. The van der Waals surface area contributed by atoms with Crippen LogP contribution >= 0.6 is 11.3 Å². The molecule has 120 valence electrons. The highest BCUT2D eigenvalue weighted by atomic mass is 32.1. The summed E-state index contributed by atoms with van der Waals surface area (Å²) in [6.07, 6.45) is 5.10. The summed E-state index contributed by atoms with van der Waals surface area (Å²) in [6, 6.07) is 8.64. The van der Waals surface area contributed by atoms with Gasteiger partial charge in [0.05, 0.1) is 11.4 Å². The van der Waals surface area contributed by atoms with Crippen LogP contribution in [0.1, 0.15) is 30.5 Å². The van der Waals surface area contributed by atoms with Crippen LogP contribution in [-0.4, -0.2) is 22.0 Å². The highest BCUT2D eigenvalue weighted by molar-refractivity contribution is 7.09. The molecule has 0 aliphatic carbocycles. The Balaban J connectivity index is 1.67. The number of benzene rings is 1. The molecule has 3 rings (SSSR count). The summed E-state index contributed by atoms with van der Waals surface area (Å²) in [4.78, 5) is 16.5. The zero-order valence-electron chi connectivity index (χ0n) is 13.5. The predicted octanol–water partition coefficient (Wildman–Crippen LogP) is 3.58. The molecule has 0 aliphatic heterocycles. The molecule has 0 radical (unpaired) electrons. The molecule has 1 N–H and O–H groups in total. The van der Waals surface area contributed by atoms with E-state index in [4.69, 9.17) is 0 Å². The Morgan fingerprint density at radius 3 is 2.91 bits per heavy atom. The molecule has 2 aromatic heterocycles. The number of amides is 1. The molecule has 1 aromatic carbocycles. The quantitative estimate of drug-likeness (QED) is 0.752. The lowest BCUT2D eigenvalue weighted by atomic mass is 10.1. The number of nitrogens with one attached hydrogen (secondary N) is 1. The second-order valence-corrected chi connectivity index (χ2v) is 6.85. The van der Waals surface area contributed by atoms with Gasteiger partial charge in [-0.25, -0.2) is 4.98 Å². The lowest BCUT2D eigenvalue weighted by Crippen LogP contribution is -2.27. The first-order valence-electron chi connectivity index (χ1n) is 7.88. The van der Waals surface area contributed by atoms with E-state index in [1.807, 2.05) is 17.5 Å². The number of hydrogen-bond acceptors (Lipinski definition) is 3. The van der Waals surface area contributed by atoms with Gasteiger partial charge in [-0.15, -0.1) is 11.3 Å². The van der Waals surface area contributed by atoms with Crippen molar-refractivity contribution in [3.05, 3.63) is 52.6 Å². The van der Waals surface area contributed by atoms with Crippen LogP contribution in [0, 0.1) is 0 Å². The van der Waals surface area contributed by atoms with Crippen molar-refractivity contribution in [3.63, 3.8) is 0 Å². The molecule has 3 aromatic rings. The van der Waals surface area contributed by atoms with Gasteiger partial charge in [-0.2, -0.15) is 0 Å². The summed E-state index contributed by atoms with van der Waals surface area (Å²) < 4.78 is 2.23. The minimum atomic E-state index is 0.0632. The van der Waals surface area contributed by atoms with Gasteiger partial charge in [0, 0.05) is 47.7 Å². The van der Waals surface area contributed by atoms with E-state index < -0.39 is 0 Å². The molecule has 0 bridgehead atoms. The van der Waals surface area contributed by atoms with Gasteiger partial charge in [-0.1, -0.05) is 18.2 Å². The molecule has 23 heavy (non-hydrogen) atoms. The van der Waals surface area contributed by atoms with E-state index in [1.54, 1.807) is 17.5 Å². The van der Waals surface area contributed by atoms with Crippen LogP contribution in [0.15, 0.2) is 42.0 Å². The Kier molecular flexibility index (Phi) is 4.76. The standard InChI is InChI=1S/C18H21N3OS/c1-13(2)21-12-14(15-5-3-4-6-16(15)21)11-17(22)19-8-7-18-20-9-10-23-18/h3-6,9-10,12-13H,7-8,11H2,1-2H3,(H,19,22). The summed E-state index contributed by atoms with van der Waals surface area (Å²) in [5.74, 6) is 0.0632. The average molecular weight is 327 g/mol. The third-order valence-electron chi connectivity index (χ3n) is 3.87. The Hall–Kier alpha value is -2.14. The first kappa shape index (κ1) is 15.7. The van der Waals surface area contributed by atoms with Gasteiger partial charge < -0.3 is 9.88 Å². The van der Waals surface area contributed by atoms with Gasteiger partial charge in [-0.3, -0.25) is 4.79 Å². The van der Waals surface area contributed by atoms with E-state index in [0.717, 1.165) is 22.4 Å². The van der Waals surface area contributed by atoms with E-state index in [-0.39, 0.29) is 5.91 Å². The molecule has 0 fully saturated rings. The molecule has 0 spiro atoms. The number of rotatable bonds is 6. The van der Waals surface area contributed by atoms with Crippen LogP contribution in [0.5, 0.6) is 0 Å². The first-order chi connectivity index (χ1) is 11.1. The predicted molar refractivity (Wildman–Crippen MR) is 94.9 cm³/mol. The van der Waals surface area contributed by atoms with Crippen molar-refractivity contribution >= 4 is 28.1 Å². The maximum absolute atomic E-state index is 12.2. The third-order valence-corrected chi connectivity index (χ3v) is 4.71. The fraction of sp³-hybridized carbons (Fsp3) is 0.333. The first-order valence-corrected chi connectivity index (χ1v) is 8.76. The van der Waals surface area contributed by atoms with Crippen molar-refractivity contribution in [3.8, 4) is 0 Å². The number of aromatic nitrogens is 2. The van der Waals surface area contributed by atoms with Crippen LogP contribution in [0.4, 0.5) is 0 Å². The molecule has 0 saturated carbocycles. The topological polar surface area (TPSA) is 46.9 Å². The summed E-state index contributed by atoms with van der Waals surface area (Å²) >= 11 is 1.62. The number of carbonyl (C=O) groups excluding carboxylic acids is 1. The van der Waals surface area contributed by atoms with Crippen LogP contribution < -0.4 is 5.32 Å². The van der Waals surface area contributed by atoms with E-state index in [2.05, 4.69) is 47.0 Å². The summed E-state index contributed by atoms with van der Waals surface area (Å²) in [6.45, 7) is 4.95. The number of hydrogen-bond donors (Lipinski definition) is 1. The largest absolute Gasteiger partial charge is 0.355 e. The van der Waals surface area contributed by atoms with Gasteiger partial charge in [0.15, 0.2) is 0 Å². The van der Waals surface area contributed by atoms with Crippen LogP contribution in [0.2, 0.25) is 0 Å². The van der Waals surface area contributed by atoms with Crippen molar-refractivity contribution in [2.45, 2.75) is 32.7 Å². The molecular weight excluding hydrogens is 306 g/mol. The smallest absolute Gasteiger partial charge is 0.224 e. The highest BCUT2D eigenvalue weighted by Gasteiger charge is 2.13. The molecule has 2 heterocycles. The molecule has 4 nitrogen and oxygen atoms in total. The van der Waals surface area contributed by atoms with Crippen LogP contribution in [0.3, 0.4) is 0 Å². The van der Waals surface area contributed by atoms with Crippen molar-refractivity contribution in [2.24, 2.45) is 0 Å². The Labute approximate surface area is 140 Å². The fourth-order valence-electron chi connectivity index (χ4n) is 2.77. The lowest BCUT2D eigenvalue weighted by molar-refractivity contribution is -0.120. The minimum Gasteiger partial charge on any atom is -0.355 e. The fourth-order valence-corrected chi connectivity index (χ4v) is 3.39. The van der Waals surface area contributed by atoms with Gasteiger partial charge in [0.1, 0.15) is 0 Å². The number of para-hydroxylation sites is 1. The summed E-state index contributed by atoms with van der Waals surface area (Å²) in [5.41, 5.74) is 2.27. The second-order valence-electron chi connectivity index (χ2n) is 5.88. The van der Waals surface area contributed by atoms with E-state index in [9.17, 15) is 4.79 Å². The Morgan fingerprint density at radius 2 is 2.17 bits per heavy atom. The van der Waals surface area contributed by atoms with Crippen molar-refractivity contribution in [1.82, 2.24) is 14.9 Å². The van der Waals surface area contributed by atoms with Crippen LogP contribution in [-0.2, 0) is 17.6 Å². The van der Waals surface area contributed by atoms with E-state index >= 15 is 0 Å². The molecule has 5 heteroatoms. The van der Waals surface area contributed by atoms with Gasteiger partial charge in [0.25, 0.3) is 0 Å². The van der Waals surface area contributed by atoms with Gasteiger partial charge in [0.2, 0.25) is 5.91 Å². The van der Waals surface area contributed by atoms with Crippen molar-refractivity contribution < 1.29 is 4.79 Å². The normalized spacial score (nSPS) is 11.3. The van der Waals surface area contributed by atoms with E-state index in [0.29, 0.717) is 19.0 Å². The molecular formula is C18H21N3OS. The number of carbonyl (C=O) groups is 1. The maximum Gasteiger partial charge on any atom is 0.224 e. The minimum absolute atomic E-state index is 0.0632. The zero-order valence-corrected chi connectivity index (χ0v) is 14.3. The Morgan fingerprint density at radius 1 is 1.35 bits per heavy atom. The SMILES string of the molecule is CC(C)n1cc(CC(=O)NCCc2nccs2)c2ccccc21. The van der Waals surface area contributed by atoms with Crippen LogP contribution in [0.25, 0.3) is 10.9 Å². The maximum atomic E-state index is 12.2. The van der Waals surface area contributed by atoms with Crippen molar-refractivity contribution in [1.29, 1.82) is 0 Å². The second kappa shape index (κ2) is 6.96. The van der Waals surface area contributed by atoms with E-state index in [1.165, 1.54) is 5.52 Å². The van der Waals surface area contributed by atoms with Crippen molar-refractivity contribution in [2.75, 3.05) is 6.54 Å². The molecule has 0 saturated heterocycles. The monoisotopic (exact) mass is 327 g/mol. The molecule has 0 aliphatic rings. The molecule has 1 amide bonds. The lowest BCUT2D eigenvalue weighted by Gasteiger charge is -2.08. The van der Waals surface area contributed by atoms with Gasteiger partial charge in [-0.05, 0) is 25.5 Å². The number of thiazole rings is 1. The zero-order chi connectivity index (χ0) is 16.2. The molecule has 0 atom stereocenters. The number of fused-ring (bicyclic) bond motifs is 1. The van der Waals surface area contributed by atoms with Gasteiger partial charge >= 0.3 is 0 Å². The Bertz CT molecular complexity index is 790. The highest BCUT2D eigenvalue weighted by Crippen LogP contribution is 2.24.